The van der Waals surface area contributed by atoms with Gasteiger partial charge in [-0.15, -0.1) is 15.0 Å². The molecule has 1 amide bonds. The van der Waals surface area contributed by atoms with E-state index < -0.39 is 18.0 Å². The van der Waals surface area contributed by atoms with Crippen molar-refractivity contribution in [1.82, 2.24) is 15.0 Å². The molecule has 1 atom stereocenters. The van der Waals surface area contributed by atoms with Crippen LogP contribution in [0.15, 0.2) is 47.5 Å². The van der Waals surface area contributed by atoms with Crippen LogP contribution in [-0.2, 0) is 4.74 Å². The van der Waals surface area contributed by atoms with Crippen LogP contribution in [0.4, 0.5) is 14.9 Å². The zero-order valence-corrected chi connectivity index (χ0v) is 14.2. The van der Waals surface area contributed by atoms with Crippen molar-refractivity contribution >= 4 is 40.2 Å². The van der Waals surface area contributed by atoms with E-state index in [1.165, 1.54) is 21.8 Å². The van der Waals surface area contributed by atoms with Gasteiger partial charge in [-0.1, -0.05) is 12.1 Å². The zero-order chi connectivity index (χ0) is 18.1. The number of thiocarbonyl (C=S) groups is 1. The van der Waals surface area contributed by atoms with Crippen molar-refractivity contribution in [3.8, 4) is 5.69 Å². The molecule has 0 radical (unpaired) electrons. The Morgan fingerprint density at radius 2 is 2.00 bits per heavy atom. The number of anilines is 1. The van der Waals surface area contributed by atoms with Gasteiger partial charge >= 0.3 is 6.09 Å². The van der Waals surface area contributed by atoms with Crippen molar-refractivity contribution in [2.24, 2.45) is 4.99 Å². The predicted molar refractivity (Wildman–Crippen MR) is 96.3 cm³/mol. The summed E-state index contributed by atoms with van der Waals surface area (Å²) in [5.74, 6) is -0.545. The number of fused-ring (bicyclic) bond motifs is 1. The molecule has 1 aromatic heterocycles. The van der Waals surface area contributed by atoms with Crippen LogP contribution in [0.5, 0.6) is 0 Å². The van der Waals surface area contributed by atoms with Crippen LogP contribution >= 0.6 is 12.2 Å². The van der Waals surface area contributed by atoms with Crippen LogP contribution in [0.3, 0.4) is 0 Å². The smallest absolute Gasteiger partial charge is 0.414 e. The maximum absolute atomic E-state index is 14.6. The highest BCUT2D eigenvalue weighted by Crippen LogP contribution is 2.25. The molecule has 1 fully saturated rings. The minimum Gasteiger partial charge on any atom is -0.442 e. The number of benzene rings is 2. The number of nitrogens with zero attached hydrogens (tertiary/aromatic N) is 5. The number of amides is 1. The maximum atomic E-state index is 14.6. The summed E-state index contributed by atoms with van der Waals surface area (Å²) in [6.07, 6.45) is -0.983. The van der Waals surface area contributed by atoms with Crippen molar-refractivity contribution in [2.45, 2.75) is 6.10 Å². The number of cyclic esters (lactones) is 1. The summed E-state index contributed by atoms with van der Waals surface area (Å²) in [7, 11) is 0. The fraction of sp³-hybridized carbons (Fsp3) is 0.176. The molecule has 26 heavy (non-hydrogen) atoms. The molecule has 1 aliphatic rings. The number of halogens is 1. The van der Waals surface area contributed by atoms with Gasteiger partial charge in [0.25, 0.3) is 0 Å². The number of carbonyl (C=O) groups is 1. The van der Waals surface area contributed by atoms with Crippen molar-refractivity contribution < 1.29 is 13.9 Å². The third-order valence-electron chi connectivity index (χ3n) is 3.98. The first-order valence-corrected chi connectivity index (χ1v) is 8.20. The highest BCUT2D eigenvalue weighted by Gasteiger charge is 2.32. The molecule has 2 aromatic carbocycles. The average Bonchev–Trinajstić information content (AvgIpc) is 3.23. The van der Waals surface area contributed by atoms with Crippen LogP contribution in [0.1, 0.15) is 0 Å². The number of aromatic nitrogens is 3. The molecule has 3 aromatic rings. The van der Waals surface area contributed by atoms with Gasteiger partial charge in [0.15, 0.2) is 5.82 Å². The van der Waals surface area contributed by atoms with Crippen molar-refractivity contribution in [3.05, 3.63) is 48.3 Å². The van der Waals surface area contributed by atoms with Gasteiger partial charge in [0.2, 0.25) is 0 Å². The highest BCUT2D eigenvalue weighted by atomic mass is 32.1. The minimum absolute atomic E-state index is 0.194. The molecular weight excluding hydrogens is 357 g/mol. The number of ether oxygens (including phenoxy) is 1. The van der Waals surface area contributed by atoms with Crippen LogP contribution in [0.25, 0.3) is 16.7 Å². The summed E-state index contributed by atoms with van der Waals surface area (Å²) in [4.78, 5) is 18.4. The summed E-state index contributed by atoms with van der Waals surface area (Å²) in [6.45, 7) is 0.498. The number of hydrogen-bond donors (Lipinski definition) is 0. The van der Waals surface area contributed by atoms with Gasteiger partial charge in [-0.2, -0.15) is 0 Å². The number of aliphatic imine (C=N–C) groups is 1. The van der Waals surface area contributed by atoms with Gasteiger partial charge in [-0.05, 0) is 36.5 Å². The van der Waals surface area contributed by atoms with Gasteiger partial charge < -0.3 is 4.74 Å². The molecule has 0 saturated carbocycles. The monoisotopic (exact) mass is 369 g/mol. The van der Waals surface area contributed by atoms with E-state index in [9.17, 15) is 9.18 Å². The second-order valence-electron chi connectivity index (χ2n) is 5.66. The Labute approximate surface area is 152 Å². The number of rotatable bonds is 4. The van der Waals surface area contributed by atoms with E-state index >= 15 is 0 Å². The highest BCUT2D eigenvalue weighted by molar-refractivity contribution is 7.78. The third kappa shape index (κ3) is 2.94. The Hall–Kier alpha value is -3.16. The Morgan fingerprint density at radius 3 is 2.65 bits per heavy atom. The van der Waals surface area contributed by atoms with E-state index in [2.05, 4.69) is 32.6 Å². The lowest BCUT2D eigenvalue weighted by Crippen LogP contribution is -2.25. The zero-order valence-electron chi connectivity index (χ0n) is 13.4. The summed E-state index contributed by atoms with van der Waals surface area (Å²) in [6, 6.07) is 11.7. The fourth-order valence-electron chi connectivity index (χ4n) is 2.76. The molecule has 1 saturated heterocycles. The van der Waals surface area contributed by atoms with E-state index in [4.69, 9.17) is 4.74 Å². The number of carbonyl (C=O) groups excluding carboxylic acids is 1. The van der Waals surface area contributed by atoms with Crippen molar-refractivity contribution in [3.63, 3.8) is 0 Å². The molecule has 2 heterocycles. The van der Waals surface area contributed by atoms with E-state index in [-0.39, 0.29) is 18.8 Å². The average molecular weight is 369 g/mol. The van der Waals surface area contributed by atoms with E-state index in [0.717, 1.165) is 0 Å². The first-order chi connectivity index (χ1) is 12.7. The Bertz CT molecular complexity index is 1010. The van der Waals surface area contributed by atoms with Gasteiger partial charge in [-0.25, -0.2) is 14.2 Å². The largest absolute Gasteiger partial charge is 0.442 e. The van der Waals surface area contributed by atoms with Crippen LogP contribution in [0, 0.1) is 5.82 Å². The third-order valence-corrected chi connectivity index (χ3v) is 4.11. The lowest BCUT2D eigenvalue weighted by Gasteiger charge is -2.13. The number of hydrogen-bond acceptors (Lipinski definition) is 6. The van der Waals surface area contributed by atoms with Gasteiger partial charge in [0.1, 0.15) is 22.8 Å². The molecule has 0 unspecified atom stereocenters. The molecule has 0 aliphatic carbocycles. The predicted octanol–water partition coefficient (Wildman–Crippen LogP) is 2.99. The topological polar surface area (TPSA) is 72.6 Å². The fourth-order valence-corrected chi connectivity index (χ4v) is 2.83. The molecule has 0 bridgehead atoms. The van der Waals surface area contributed by atoms with Gasteiger partial charge in [0, 0.05) is 6.07 Å². The summed E-state index contributed by atoms with van der Waals surface area (Å²) >= 11 is 4.51. The lowest BCUT2D eigenvalue weighted by atomic mass is 10.2. The molecular formula is C17H12FN5O2S. The van der Waals surface area contributed by atoms with E-state index in [1.54, 1.807) is 18.2 Å². The standard InChI is InChI=1S/C17H12FN5O2S/c18-13-7-11(22-9-12(8-19-10-26)25-17(22)24)5-6-16(13)23-20-14-3-1-2-4-15(14)21-23/h1-7,12H,8-9H2/t12-/m0/s1. The SMILES string of the molecule is O=C1O[C@@H](CN=C=S)CN1c1ccc(-n2nc3ccccc3n2)c(F)c1. The van der Waals surface area contributed by atoms with Crippen molar-refractivity contribution in [1.29, 1.82) is 0 Å². The Balaban J connectivity index is 1.62. The second-order valence-corrected chi connectivity index (χ2v) is 5.84. The molecule has 9 heteroatoms. The molecule has 0 N–H and O–H groups in total. The first kappa shape index (κ1) is 16.3. The summed E-state index contributed by atoms with van der Waals surface area (Å²) in [5.41, 5.74) is 1.92. The van der Waals surface area contributed by atoms with Gasteiger partial charge in [-0.3, -0.25) is 4.90 Å². The quantitative estimate of drug-likeness (QED) is 0.522. The molecule has 4 rings (SSSR count). The maximum Gasteiger partial charge on any atom is 0.414 e. The second kappa shape index (κ2) is 6.62. The van der Waals surface area contributed by atoms with Crippen molar-refractivity contribution in [2.75, 3.05) is 18.0 Å². The van der Waals surface area contributed by atoms with Crippen LogP contribution < -0.4 is 4.90 Å². The number of isothiocyanates is 1. The minimum atomic E-state index is -0.551. The van der Waals surface area contributed by atoms with Gasteiger partial charge in [0.05, 0.1) is 23.9 Å². The summed E-state index contributed by atoms with van der Waals surface area (Å²) < 4.78 is 19.8. The Morgan fingerprint density at radius 1 is 1.27 bits per heavy atom. The molecule has 0 spiro atoms. The molecule has 7 nitrogen and oxygen atoms in total. The van der Waals surface area contributed by atoms with E-state index in [1.807, 2.05) is 12.1 Å². The molecule has 1 aliphatic heterocycles. The Kier molecular flexibility index (Phi) is 4.16. The van der Waals surface area contributed by atoms with E-state index in [0.29, 0.717) is 16.7 Å². The first-order valence-electron chi connectivity index (χ1n) is 7.79. The summed E-state index contributed by atoms with van der Waals surface area (Å²) in [5, 5.41) is 10.8. The molecule has 130 valence electrons. The van der Waals surface area contributed by atoms with Crippen LogP contribution in [-0.4, -0.2) is 45.4 Å². The van der Waals surface area contributed by atoms with Crippen LogP contribution in [0.2, 0.25) is 0 Å². The lowest BCUT2D eigenvalue weighted by molar-refractivity contribution is 0.145. The normalized spacial score (nSPS) is 16.6.